The Kier molecular flexibility index (Phi) is 5.12. The minimum absolute atomic E-state index is 0.253. The van der Waals surface area contributed by atoms with E-state index in [2.05, 4.69) is 4.90 Å². The molecule has 0 atom stereocenters. The molecule has 82 valence electrons. The lowest BCUT2D eigenvalue weighted by atomic mass is 9.91. The second-order valence-electron chi connectivity index (χ2n) is 4.15. The Labute approximate surface area is 86.1 Å². The van der Waals surface area contributed by atoms with Crippen molar-refractivity contribution in [3.63, 3.8) is 0 Å². The minimum Gasteiger partial charge on any atom is -0.396 e. The molecule has 14 heavy (non-hydrogen) atoms. The van der Waals surface area contributed by atoms with E-state index in [4.69, 9.17) is 5.11 Å². The lowest BCUT2D eigenvalue weighted by Crippen LogP contribution is -2.41. The predicted octanol–water partition coefficient (Wildman–Crippen LogP) is 1.20. The Morgan fingerprint density at radius 3 is 2.57 bits per heavy atom. The van der Waals surface area contributed by atoms with Crippen LogP contribution in [0.4, 0.5) is 0 Å². The van der Waals surface area contributed by atoms with Crippen LogP contribution in [0.2, 0.25) is 0 Å². The van der Waals surface area contributed by atoms with Crippen LogP contribution in [-0.2, 0) is 4.79 Å². The van der Waals surface area contributed by atoms with Gasteiger partial charge in [0.05, 0.1) is 0 Å². The molecule has 3 heteroatoms. The number of nitrogens with zero attached hydrogens (tertiary/aromatic N) is 1. The zero-order valence-electron chi connectivity index (χ0n) is 9.04. The summed E-state index contributed by atoms with van der Waals surface area (Å²) in [5.74, 6) is 0.262. The number of ketones is 1. The van der Waals surface area contributed by atoms with Gasteiger partial charge in [-0.15, -0.1) is 0 Å². The summed E-state index contributed by atoms with van der Waals surface area (Å²) in [6, 6.07) is 0.681. The second kappa shape index (κ2) is 6.14. The third kappa shape index (κ3) is 3.76. The van der Waals surface area contributed by atoms with Crippen LogP contribution in [0.5, 0.6) is 0 Å². The third-order valence-corrected chi connectivity index (χ3v) is 2.95. The normalized spacial score (nSPS) is 17.1. The van der Waals surface area contributed by atoms with Crippen molar-refractivity contribution in [1.82, 2.24) is 4.90 Å². The van der Waals surface area contributed by atoms with Crippen molar-refractivity contribution in [1.29, 1.82) is 0 Å². The fourth-order valence-corrected chi connectivity index (χ4v) is 1.80. The molecule has 1 fully saturated rings. The molecule has 1 aliphatic rings. The largest absolute Gasteiger partial charge is 0.396 e. The SMILES string of the molecule is CC(=O)CCN(CCCO)C1CCC1. The summed E-state index contributed by atoms with van der Waals surface area (Å²) in [6.45, 7) is 3.71. The fraction of sp³-hybridized carbons (Fsp3) is 0.909. The summed E-state index contributed by atoms with van der Waals surface area (Å²) in [5, 5.41) is 8.77. The van der Waals surface area contributed by atoms with Gasteiger partial charge in [-0.1, -0.05) is 6.42 Å². The number of hydrogen-bond acceptors (Lipinski definition) is 3. The molecule has 0 heterocycles. The van der Waals surface area contributed by atoms with Gasteiger partial charge in [-0.3, -0.25) is 9.69 Å². The van der Waals surface area contributed by atoms with Crippen LogP contribution in [0, 0.1) is 0 Å². The molecule has 0 aromatic rings. The third-order valence-electron chi connectivity index (χ3n) is 2.95. The summed E-state index contributed by atoms with van der Waals surface area (Å²) in [4.78, 5) is 13.2. The van der Waals surface area contributed by atoms with Crippen LogP contribution >= 0.6 is 0 Å². The van der Waals surface area contributed by atoms with Crippen molar-refractivity contribution in [2.24, 2.45) is 0 Å². The maximum absolute atomic E-state index is 10.9. The molecule has 1 saturated carbocycles. The topological polar surface area (TPSA) is 40.5 Å². The molecule has 0 aromatic heterocycles. The molecule has 0 aliphatic heterocycles. The predicted molar refractivity (Wildman–Crippen MR) is 56.2 cm³/mol. The summed E-state index contributed by atoms with van der Waals surface area (Å²) in [6.07, 6.45) is 5.34. The molecular weight excluding hydrogens is 178 g/mol. The maximum Gasteiger partial charge on any atom is 0.131 e. The molecule has 0 aromatic carbocycles. The van der Waals surface area contributed by atoms with Crippen molar-refractivity contribution >= 4 is 5.78 Å². The molecular formula is C11H21NO2. The molecule has 0 unspecified atom stereocenters. The van der Waals surface area contributed by atoms with Gasteiger partial charge in [-0.25, -0.2) is 0 Å². The highest BCUT2D eigenvalue weighted by molar-refractivity contribution is 5.75. The van der Waals surface area contributed by atoms with Gasteiger partial charge < -0.3 is 5.11 Å². The van der Waals surface area contributed by atoms with Crippen LogP contribution in [-0.4, -0.2) is 41.5 Å². The number of carbonyl (C=O) groups is 1. The van der Waals surface area contributed by atoms with Crippen molar-refractivity contribution < 1.29 is 9.90 Å². The first-order valence-corrected chi connectivity index (χ1v) is 5.58. The average Bonchev–Trinajstić information content (AvgIpc) is 2.06. The lowest BCUT2D eigenvalue weighted by Gasteiger charge is -2.37. The monoisotopic (exact) mass is 199 g/mol. The van der Waals surface area contributed by atoms with Crippen molar-refractivity contribution in [3.8, 4) is 0 Å². The van der Waals surface area contributed by atoms with E-state index in [1.807, 2.05) is 0 Å². The van der Waals surface area contributed by atoms with E-state index < -0.39 is 0 Å². The number of carbonyl (C=O) groups excluding carboxylic acids is 1. The summed E-state index contributed by atoms with van der Waals surface area (Å²) in [5.41, 5.74) is 0. The average molecular weight is 199 g/mol. The number of aliphatic hydroxyl groups is 1. The Hall–Kier alpha value is -0.410. The highest BCUT2D eigenvalue weighted by Gasteiger charge is 2.24. The van der Waals surface area contributed by atoms with Crippen LogP contribution in [0.25, 0.3) is 0 Å². The summed E-state index contributed by atoms with van der Waals surface area (Å²) >= 11 is 0. The molecule has 1 N–H and O–H groups in total. The first-order valence-electron chi connectivity index (χ1n) is 5.58. The first kappa shape index (κ1) is 11.7. The summed E-state index contributed by atoms with van der Waals surface area (Å²) in [7, 11) is 0. The van der Waals surface area contributed by atoms with Gasteiger partial charge in [0, 0.05) is 32.2 Å². The van der Waals surface area contributed by atoms with Crippen LogP contribution in [0.15, 0.2) is 0 Å². The molecule has 0 saturated heterocycles. The van der Waals surface area contributed by atoms with Crippen LogP contribution in [0.1, 0.15) is 39.0 Å². The van der Waals surface area contributed by atoms with Gasteiger partial charge >= 0.3 is 0 Å². The highest BCUT2D eigenvalue weighted by atomic mass is 16.3. The van der Waals surface area contributed by atoms with Gasteiger partial charge in [-0.05, 0) is 26.2 Å². The van der Waals surface area contributed by atoms with Gasteiger partial charge in [0.1, 0.15) is 5.78 Å². The second-order valence-corrected chi connectivity index (χ2v) is 4.15. The molecule has 0 spiro atoms. The molecule has 1 aliphatic carbocycles. The van der Waals surface area contributed by atoms with E-state index in [-0.39, 0.29) is 12.4 Å². The van der Waals surface area contributed by atoms with Gasteiger partial charge in [0.2, 0.25) is 0 Å². The molecule has 1 rings (SSSR count). The first-order chi connectivity index (χ1) is 6.74. The fourth-order valence-electron chi connectivity index (χ4n) is 1.80. The van der Waals surface area contributed by atoms with E-state index in [1.165, 1.54) is 19.3 Å². The van der Waals surface area contributed by atoms with Crippen molar-refractivity contribution in [2.75, 3.05) is 19.7 Å². The zero-order valence-corrected chi connectivity index (χ0v) is 9.04. The lowest BCUT2D eigenvalue weighted by molar-refractivity contribution is -0.117. The highest BCUT2D eigenvalue weighted by Crippen LogP contribution is 2.24. The van der Waals surface area contributed by atoms with E-state index in [1.54, 1.807) is 6.92 Å². The molecule has 0 bridgehead atoms. The standard InChI is InChI=1S/C11H21NO2/c1-10(14)6-8-12(7-3-9-13)11-4-2-5-11/h11,13H,2-9H2,1H3. The van der Waals surface area contributed by atoms with Crippen molar-refractivity contribution in [3.05, 3.63) is 0 Å². The molecule has 0 radical (unpaired) electrons. The molecule has 3 nitrogen and oxygen atoms in total. The van der Waals surface area contributed by atoms with Gasteiger partial charge in [0.25, 0.3) is 0 Å². The number of hydrogen-bond donors (Lipinski definition) is 1. The zero-order chi connectivity index (χ0) is 10.4. The van der Waals surface area contributed by atoms with Gasteiger partial charge in [-0.2, -0.15) is 0 Å². The Bertz CT molecular complexity index is 178. The number of rotatable bonds is 7. The smallest absolute Gasteiger partial charge is 0.131 e. The van der Waals surface area contributed by atoms with Crippen molar-refractivity contribution in [2.45, 2.75) is 45.1 Å². The maximum atomic E-state index is 10.9. The van der Waals surface area contributed by atoms with Gasteiger partial charge in [0.15, 0.2) is 0 Å². The minimum atomic E-state index is 0.253. The number of Topliss-reactive ketones (excluding diaryl/α,β-unsaturated/α-hetero) is 1. The van der Waals surface area contributed by atoms with E-state index in [0.29, 0.717) is 12.5 Å². The Morgan fingerprint density at radius 2 is 2.14 bits per heavy atom. The number of aliphatic hydroxyl groups excluding tert-OH is 1. The van der Waals surface area contributed by atoms with E-state index in [9.17, 15) is 4.79 Å². The molecule has 0 amide bonds. The quantitative estimate of drug-likeness (QED) is 0.670. The Morgan fingerprint density at radius 1 is 1.43 bits per heavy atom. The summed E-state index contributed by atoms with van der Waals surface area (Å²) < 4.78 is 0. The van der Waals surface area contributed by atoms with Crippen LogP contribution in [0.3, 0.4) is 0 Å². The van der Waals surface area contributed by atoms with E-state index >= 15 is 0 Å². The Balaban J connectivity index is 2.24. The van der Waals surface area contributed by atoms with Crippen LogP contribution < -0.4 is 0 Å². The van der Waals surface area contributed by atoms with E-state index in [0.717, 1.165) is 19.5 Å².